The molecule has 0 aliphatic rings. The highest BCUT2D eigenvalue weighted by atomic mass is 16.5. The van der Waals surface area contributed by atoms with Gasteiger partial charge >= 0.3 is 0 Å². The minimum Gasteiger partial charge on any atom is -0.465 e. The van der Waals surface area contributed by atoms with Gasteiger partial charge < -0.3 is 9.47 Å². The first-order valence-corrected chi connectivity index (χ1v) is 4.22. The summed E-state index contributed by atoms with van der Waals surface area (Å²) < 4.78 is 9.52. The minimum atomic E-state index is -0.190. The van der Waals surface area contributed by atoms with E-state index < -0.39 is 0 Å². The van der Waals surface area contributed by atoms with Crippen molar-refractivity contribution in [1.29, 1.82) is 0 Å². The molecule has 12 heavy (non-hydrogen) atoms. The molecule has 1 unspecified atom stereocenters. The van der Waals surface area contributed by atoms with Gasteiger partial charge in [-0.15, -0.1) is 0 Å². The monoisotopic (exact) mass is 173 g/mol. The van der Waals surface area contributed by atoms with Gasteiger partial charge in [-0.05, 0) is 26.2 Å². The molecule has 0 rings (SSSR count). The lowest BCUT2D eigenvalue weighted by atomic mass is 10.1. The van der Waals surface area contributed by atoms with Crippen molar-refractivity contribution < 1.29 is 14.3 Å². The van der Waals surface area contributed by atoms with Crippen LogP contribution in [0.2, 0.25) is 0 Å². The Morgan fingerprint density at radius 1 is 1.42 bits per heavy atom. The molecule has 0 aliphatic heterocycles. The number of ether oxygens (including phenoxy) is 2. The molecule has 0 aromatic heterocycles. The second-order valence-corrected chi connectivity index (χ2v) is 2.70. The highest BCUT2D eigenvalue weighted by molar-refractivity contribution is 5.37. The van der Waals surface area contributed by atoms with E-state index in [9.17, 15) is 4.79 Å². The van der Waals surface area contributed by atoms with Crippen molar-refractivity contribution in [1.82, 2.24) is 0 Å². The van der Waals surface area contributed by atoms with Crippen LogP contribution in [0.15, 0.2) is 0 Å². The van der Waals surface area contributed by atoms with Crippen LogP contribution >= 0.6 is 0 Å². The molecular formula is C9H17O3. The van der Waals surface area contributed by atoms with Gasteiger partial charge in [0.25, 0.3) is 6.47 Å². The number of methoxy groups -OCH3 is 1. The molecule has 0 saturated heterocycles. The largest absolute Gasteiger partial charge is 0.465 e. The van der Waals surface area contributed by atoms with E-state index in [0.29, 0.717) is 6.47 Å². The molecule has 0 aromatic rings. The average Bonchev–Trinajstić information content (AvgIpc) is 2.05. The fourth-order valence-corrected chi connectivity index (χ4v) is 0.942. The summed E-state index contributed by atoms with van der Waals surface area (Å²) >= 11 is 0. The molecule has 0 saturated carbocycles. The van der Waals surface area contributed by atoms with Gasteiger partial charge in [0.2, 0.25) is 0 Å². The van der Waals surface area contributed by atoms with Gasteiger partial charge in [0, 0.05) is 13.7 Å². The second-order valence-electron chi connectivity index (χ2n) is 2.70. The maximum atomic E-state index is 9.87. The van der Waals surface area contributed by atoms with Crippen LogP contribution < -0.4 is 0 Å². The van der Waals surface area contributed by atoms with Crippen LogP contribution in [0.25, 0.3) is 0 Å². The van der Waals surface area contributed by atoms with Crippen LogP contribution in [0.1, 0.15) is 25.7 Å². The average molecular weight is 173 g/mol. The third-order valence-electron chi connectivity index (χ3n) is 1.62. The number of carbonyl (C=O) groups excluding carboxylic acids is 1. The van der Waals surface area contributed by atoms with Crippen LogP contribution in [0.4, 0.5) is 0 Å². The number of unbranched alkanes of at least 4 members (excludes halogenated alkanes) is 2. The van der Waals surface area contributed by atoms with E-state index in [2.05, 4.69) is 11.7 Å². The van der Waals surface area contributed by atoms with Crippen molar-refractivity contribution in [3.8, 4) is 0 Å². The van der Waals surface area contributed by atoms with Gasteiger partial charge in [0.05, 0.1) is 0 Å². The summed E-state index contributed by atoms with van der Waals surface area (Å²) in [5.41, 5.74) is 0. The van der Waals surface area contributed by atoms with Crippen molar-refractivity contribution in [3.05, 3.63) is 6.92 Å². The predicted molar refractivity (Wildman–Crippen MR) is 46.6 cm³/mol. The zero-order chi connectivity index (χ0) is 9.23. The summed E-state index contributed by atoms with van der Waals surface area (Å²) in [5.74, 6) is 0. The van der Waals surface area contributed by atoms with Gasteiger partial charge in [-0.2, -0.15) is 0 Å². The molecule has 3 nitrogen and oxygen atoms in total. The van der Waals surface area contributed by atoms with Crippen LogP contribution in [-0.4, -0.2) is 26.3 Å². The Bertz CT molecular complexity index is 104. The van der Waals surface area contributed by atoms with Crippen molar-refractivity contribution >= 4 is 6.47 Å². The topological polar surface area (TPSA) is 35.5 Å². The molecule has 0 aliphatic carbocycles. The van der Waals surface area contributed by atoms with Crippen molar-refractivity contribution in [2.45, 2.75) is 31.8 Å². The number of hydrogen-bond donors (Lipinski definition) is 0. The molecule has 1 atom stereocenters. The fraction of sp³-hybridized carbons (Fsp3) is 0.778. The first-order valence-electron chi connectivity index (χ1n) is 4.22. The zero-order valence-electron chi connectivity index (χ0n) is 7.62. The Morgan fingerprint density at radius 3 is 2.75 bits per heavy atom. The Kier molecular flexibility index (Phi) is 8.12. The van der Waals surface area contributed by atoms with Gasteiger partial charge in [-0.3, -0.25) is 4.79 Å². The standard InChI is InChI=1S/C9H17O3/c1-9(12-8-10)6-4-3-5-7-11-2/h8-9H,1,3-7H2,2H3. The maximum Gasteiger partial charge on any atom is 0.293 e. The number of rotatable bonds is 8. The highest BCUT2D eigenvalue weighted by Gasteiger charge is 2.00. The second kappa shape index (κ2) is 8.53. The van der Waals surface area contributed by atoms with Gasteiger partial charge in [0.15, 0.2) is 0 Å². The lowest BCUT2D eigenvalue weighted by molar-refractivity contribution is -0.131. The lowest BCUT2D eigenvalue weighted by Gasteiger charge is -2.07. The van der Waals surface area contributed by atoms with E-state index in [1.165, 1.54) is 0 Å². The molecule has 0 N–H and O–H groups in total. The maximum absolute atomic E-state index is 9.87. The molecule has 0 amide bonds. The Morgan fingerprint density at radius 2 is 2.17 bits per heavy atom. The van der Waals surface area contributed by atoms with E-state index in [-0.39, 0.29) is 6.10 Å². The number of hydrogen-bond acceptors (Lipinski definition) is 3. The SMILES string of the molecule is [CH2]C(CCCCCOC)OC=O. The van der Waals surface area contributed by atoms with E-state index in [0.717, 1.165) is 32.3 Å². The van der Waals surface area contributed by atoms with Gasteiger partial charge in [0.1, 0.15) is 6.10 Å². The smallest absolute Gasteiger partial charge is 0.293 e. The molecule has 71 valence electrons. The molecule has 0 heterocycles. The van der Waals surface area contributed by atoms with Gasteiger partial charge in [-0.25, -0.2) is 0 Å². The third kappa shape index (κ3) is 7.54. The van der Waals surface area contributed by atoms with E-state index in [4.69, 9.17) is 4.74 Å². The summed E-state index contributed by atoms with van der Waals surface area (Å²) in [5, 5.41) is 0. The summed E-state index contributed by atoms with van der Waals surface area (Å²) in [6, 6.07) is 0. The quantitative estimate of drug-likeness (QED) is 0.413. The van der Waals surface area contributed by atoms with Crippen LogP contribution in [0.3, 0.4) is 0 Å². The Labute approximate surface area is 74.0 Å². The molecule has 1 radical (unpaired) electrons. The van der Waals surface area contributed by atoms with Crippen LogP contribution in [0.5, 0.6) is 0 Å². The van der Waals surface area contributed by atoms with Gasteiger partial charge in [-0.1, -0.05) is 6.42 Å². The van der Waals surface area contributed by atoms with Crippen molar-refractivity contribution in [2.75, 3.05) is 13.7 Å². The Balaban J connectivity index is 3.02. The van der Waals surface area contributed by atoms with Crippen molar-refractivity contribution in [3.63, 3.8) is 0 Å². The molecule has 0 aromatic carbocycles. The van der Waals surface area contributed by atoms with Crippen LogP contribution in [0, 0.1) is 6.92 Å². The normalized spacial score (nSPS) is 12.5. The molecule has 0 fully saturated rings. The molecule has 0 spiro atoms. The number of carbonyl (C=O) groups is 1. The van der Waals surface area contributed by atoms with Crippen molar-refractivity contribution in [2.24, 2.45) is 0 Å². The molecule has 0 bridgehead atoms. The molecule has 3 heteroatoms. The summed E-state index contributed by atoms with van der Waals surface area (Å²) in [6.45, 7) is 4.91. The summed E-state index contributed by atoms with van der Waals surface area (Å²) in [6.07, 6.45) is 3.84. The lowest BCUT2D eigenvalue weighted by Crippen LogP contribution is -2.06. The predicted octanol–water partition coefficient (Wildman–Crippen LogP) is 1.57. The third-order valence-corrected chi connectivity index (χ3v) is 1.62. The summed E-state index contributed by atoms with van der Waals surface area (Å²) in [4.78, 5) is 9.87. The zero-order valence-corrected chi connectivity index (χ0v) is 7.62. The highest BCUT2D eigenvalue weighted by Crippen LogP contribution is 2.04. The van der Waals surface area contributed by atoms with Crippen LogP contribution in [-0.2, 0) is 14.3 Å². The summed E-state index contributed by atoms with van der Waals surface area (Å²) in [7, 11) is 1.69. The van der Waals surface area contributed by atoms with E-state index >= 15 is 0 Å². The van der Waals surface area contributed by atoms with E-state index in [1.54, 1.807) is 7.11 Å². The van der Waals surface area contributed by atoms with E-state index in [1.807, 2.05) is 0 Å². The first-order chi connectivity index (χ1) is 5.81. The Hall–Kier alpha value is -0.570. The minimum absolute atomic E-state index is 0.190. The fourth-order valence-electron chi connectivity index (χ4n) is 0.942. The first kappa shape index (κ1) is 11.4. The molecular weight excluding hydrogens is 156 g/mol.